The fraction of sp³-hybridized carbons (Fsp3) is 0.429. The molecule has 3 aliphatic heterocycles. The van der Waals surface area contributed by atoms with Crippen molar-refractivity contribution in [1.29, 1.82) is 0 Å². The van der Waals surface area contributed by atoms with E-state index in [2.05, 4.69) is 26.5 Å². The predicted molar refractivity (Wildman–Crippen MR) is 137 cm³/mol. The van der Waals surface area contributed by atoms with Gasteiger partial charge in [0.2, 0.25) is 0 Å². The van der Waals surface area contributed by atoms with Gasteiger partial charge in [-0.25, -0.2) is 9.18 Å². The molecule has 9 heteroatoms. The number of aromatic amines is 1. The van der Waals surface area contributed by atoms with Crippen LogP contribution in [0.3, 0.4) is 0 Å². The average Bonchev–Trinajstić information content (AvgIpc) is 3.56. The number of likely N-dealkylation sites (tertiary alicyclic amines) is 1. The maximum Gasteiger partial charge on any atom is 0.317 e. The summed E-state index contributed by atoms with van der Waals surface area (Å²) < 4.78 is 25.5. The number of benzene rings is 2. The summed E-state index contributed by atoms with van der Waals surface area (Å²) in [6.07, 6.45) is 3.50. The Morgan fingerprint density at radius 1 is 1.27 bits per heavy atom. The van der Waals surface area contributed by atoms with Crippen molar-refractivity contribution in [2.24, 2.45) is 0 Å². The minimum Gasteiger partial charge on any atom is -0.496 e. The molecule has 1 aromatic heterocycles. The quantitative estimate of drug-likeness (QED) is 0.550. The second-order valence-electron chi connectivity index (χ2n) is 10.1. The standard InChI is InChI=1S/C28H32FN5O3/c1-36-26-6-2-5-23(29)21(26)16-33-11-3-4-20(15-33)30-28(35)34-12-9-24-22(17-34)27(32-31-24)19-7-8-25-18(14-19)10-13-37-25/h2,5-8,14,20H,3-4,9-13,15-17H2,1H3,(H,30,35)(H,31,32). The van der Waals surface area contributed by atoms with Crippen LogP contribution in [0.5, 0.6) is 11.5 Å². The molecule has 3 aromatic rings. The number of fused-ring (bicyclic) bond motifs is 2. The minimum absolute atomic E-state index is 0.0148. The molecule has 0 bridgehead atoms. The molecular weight excluding hydrogens is 473 g/mol. The van der Waals surface area contributed by atoms with Crippen LogP contribution in [0.2, 0.25) is 0 Å². The third kappa shape index (κ3) is 4.75. The number of H-pyrrole nitrogens is 1. The largest absolute Gasteiger partial charge is 0.496 e. The number of ether oxygens (including phenoxy) is 2. The minimum atomic E-state index is -0.263. The van der Waals surface area contributed by atoms with Crippen molar-refractivity contribution >= 4 is 6.03 Å². The second kappa shape index (κ2) is 10.0. The summed E-state index contributed by atoms with van der Waals surface area (Å²) in [5, 5.41) is 11.0. The fourth-order valence-electron chi connectivity index (χ4n) is 5.73. The molecule has 2 N–H and O–H groups in total. The maximum absolute atomic E-state index is 14.5. The summed E-state index contributed by atoms with van der Waals surface area (Å²) in [4.78, 5) is 17.3. The van der Waals surface area contributed by atoms with Gasteiger partial charge in [-0.2, -0.15) is 5.10 Å². The molecule has 0 radical (unpaired) electrons. The Morgan fingerprint density at radius 2 is 2.19 bits per heavy atom. The van der Waals surface area contributed by atoms with E-state index in [1.807, 2.05) is 17.0 Å². The summed E-state index contributed by atoms with van der Waals surface area (Å²) in [7, 11) is 1.56. The van der Waals surface area contributed by atoms with Gasteiger partial charge in [0, 0.05) is 60.9 Å². The zero-order valence-corrected chi connectivity index (χ0v) is 21.1. The van der Waals surface area contributed by atoms with E-state index in [1.54, 1.807) is 19.2 Å². The molecule has 8 nitrogen and oxygen atoms in total. The summed E-state index contributed by atoms with van der Waals surface area (Å²) >= 11 is 0. The van der Waals surface area contributed by atoms with Gasteiger partial charge in [0.15, 0.2) is 0 Å². The maximum atomic E-state index is 14.5. The Labute approximate surface area is 215 Å². The molecule has 1 atom stereocenters. The Bertz CT molecular complexity index is 1310. The first kappa shape index (κ1) is 23.8. The molecule has 2 amide bonds. The second-order valence-corrected chi connectivity index (χ2v) is 10.1. The Hall–Kier alpha value is -3.59. The van der Waals surface area contributed by atoms with Gasteiger partial charge in [0.05, 0.1) is 26.0 Å². The zero-order chi connectivity index (χ0) is 25.4. The van der Waals surface area contributed by atoms with E-state index in [1.165, 1.54) is 11.6 Å². The van der Waals surface area contributed by atoms with Crippen LogP contribution < -0.4 is 14.8 Å². The number of carbonyl (C=O) groups excluding carboxylic acids is 1. The van der Waals surface area contributed by atoms with Gasteiger partial charge in [-0.05, 0) is 55.3 Å². The highest BCUT2D eigenvalue weighted by Gasteiger charge is 2.29. The molecule has 3 aliphatic rings. The van der Waals surface area contributed by atoms with Crippen molar-refractivity contribution in [3.8, 4) is 22.8 Å². The van der Waals surface area contributed by atoms with Crippen molar-refractivity contribution < 1.29 is 18.7 Å². The van der Waals surface area contributed by atoms with Gasteiger partial charge in [0.1, 0.15) is 17.3 Å². The van der Waals surface area contributed by atoms with E-state index < -0.39 is 0 Å². The number of urea groups is 1. The highest BCUT2D eigenvalue weighted by Crippen LogP contribution is 2.33. The van der Waals surface area contributed by atoms with Crippen molar-refractivity contribution in [2.75, 3.05) is 33.4 Å². The molecular formula is C28H32FN5O3. The molecule has 6 rings (SSSR count). The van der Waals surface area contributed by atoms with E-state index in [0.29, 0.717) is 37.5 Å². The van der Waals surface area contributed by atoms with Crippen molar-refractivity contribution in [3.05, 3.63) is 64.6 Å². The smallest absolute Gasteiger partial charge is 0.317 e. The highest BCUT2D eigenvalue weighted by molar-refractivity contribution is 5.76. The van der Waals surface area contributed by atoms with Crippen LogP contribution in [0.25, 0.3) is 11.3 Å². The lowest BCUT2D eigenvalue weighted by Gasteiger charge is -2.35. The lowest BCUT2D eigenvalue weighted by molar-refractivity contribution is 0.159. The molecule has 0 spiro atoms. The third-order valence-electron chi connectivity index (χ3n) is 7.69. The van der Waals surface area contributed by atoms with Crippen LogP contribution in [0, 0.1) is 5.82 Å². The van der Waals surface area contributed by atoms with Gasteiger partial charge < -0.3 is 19.7 Å². The van der Waals surface area contributed by atoms with Crippen LogP contribution in [0.1, 0.15) is 35.2 Å². The van der Waals surface area contributed by atoms with E-state index in [0.717, 1.165) is 67.1 Å². The molecule has 0 aliphatic carbocycles. The van der Waals surface area contributed by atoms with Gasteiger partial charge in [0.25, 0.3) is 0 Å². The first-order valence-electron chi connectivity index (χ1n) is 13.0. The van der Waals surface area contributed by atoms with E-state index >= 15 is 0 Å². The number of halogens is 1. The lowest BCUT2D eigenvalue weighted by Crippen LogP contribution is -2.52. The van der Waals surface area contributed by atoms with Crippen LogP contribution >= 0.6 is 0 Å². The summed E-state index contributed by atoms with van der Waals surface area (Å²) in [6.45, 7) is 3.87. The predicted octanol–water partition coefficient (Wildman–Crippen LogP) is 3.89. The zero-order valence-electron chi connectivity index (χ0n) is 21.1. The number of methoxy groups -OCH3 is 1. The number of amides is 2. The number of hydrogen-bond donors (Lipinski definition) is 2. The number of hydrogen-bond acceptors (Lipinski definition) is 5. The number of aromatic nitrogens is 2. The molecule has 1 unspecified atom stereocenters. The van der Waals surface area contributed by atoms with Gasteiger partial charge in [-0.1, -0.05) is 6.07 Å². The van der Waals surface area contributed by atoms with Crippen molar-refractivity contribution in [1.82, 2.24) is 25.3 Å². The SMILES string of the molecule is COc1cccc(F)c1CN1CCCC(NC(=O)N2CCc3[nH]nc(-c4ccc5c(c4)CCO5)c3C2)C1. The number of nitrogens with zero attached hydrogens (tertiary/aromatic N) is 3. The Morgan fingerprint density at radius 3 is 3.08 bits per heavy atom. The number of rotatable bonds is 5. The first-order valence-corrected chi connectivity index (χ1v) is 13.0. The van der Waals surface area contributed by atoms with Crippen molar-refractivity contribution in [2.45, 2.75) is 44.8 Å². The molecule has 1 fully saturated rings. The first-order chi connectivity index (χ1) is 18.1. The Kier molecular flexibility index (Phi) is 6.46. The normalized spacial score (nSPS) is 19.2. The number of piperidine rings is 1. The fourth-order valence-corrected chi connectivity index (χ4v) is 5.73. The molecule has 1 saturated heterocycles. The van der Waals surface area contributed by atoms with Crippen LogP contribution in [-0.2, 0) is 25.9 Å². The monoisotopic (exact) mass is 505 g/mol. The lowest BCUT2D eigenvalue weighted by atomic mass is 9.99. The summed E-state index contributed by atoms with van der Waals surface area (Å²) in [5.41, 5.74) is 5.90. The van der Waals surface area contributed by atoms with Crippen molar-refractivity contribution in [3.63, 3.8) is 0 Å². The van der Waals surface area contributed by atoms with Crippen LogP contribution in [0.15, 0.2) is 36.4 Å². The molecule has 37 heavy (non-hydrogen) atoms. The topological polar surface area (TPSA) is 82.7 Å². The van der Waals surface area contributed by atoms with E-state index in [9.17, 15) is 9.18 Å². The highest BCUT2D eigenvalue weighted by atomic mass is 19.1. The average molecular weight is 506 g/mol. The van der Waals surface area contributed by atoms with Crippen LogP contribution in [-0.4, -0.2) is 65.4 Å². The molecule has 2 aromatic carbocycles. The number of carbonyl (C=O) groups is 1. The summed E-state index contributed by atoms with van der Waals surface area (Å²) in [6, 6.07) is 11.1. The van der Waals surface area contributed by atoms with Gasteiger partial charge in [-0.15, -0.1) is 0 Å². The number of nitrogens with one attached hydrogen (secondary N) is 2. The summed E-state index contributed by atoms with van der Waals surface area (Å²) in [5.74, 6) is 1.24. The molecule has 0 saturated carbocycles. The Balaban J connectivity index is 1.11. The molecule has 4 heterocycles. The van der Waals surface area contributed by atoms with E-state index in [-0.39, 0.29) is 17.9 Å². The van der Waals surface area contributed by atoms with Gasteiger partial charge in [-0.3, -0.25) is 10.00 Å². The molecule has 194 valence electrons. The van der Waals surface area contributed by atoms with Gasteiger partial charge >= 0.3 is 6.03 Å². The van der Waals surface area contributed by atoms with E-state index in [4.69, 9.17) is 9.47 Å². The third-order valence-corrected chi connectivity index (χ3v) is 7.69. The van der Waals surface area contributed by atoms with Crippen LogP contribution in [0.4, 0.5) is 9.18 Å².